The first-order valence-electron chi connectivity index (χ1n) is 8.69. The van der Waals surface area contributed by atoms with Gasteiger partial charge >= 0.3 is 5.97 Å². The molecule has 0 heterocycles. The number of Topliss-reactive ketones (excluding diaryl/α,β-unsaturated/α-hetero) is 1. The van der Waals surface area contributed by atoms with E-state index in [1.807, 2.05) is 18.2 Å². The first-order valence-corrected chi connectivity index (χ1v) is 8.69. The summed E-state index contributed by atoms with van der Waals surface area (Å²) in [6.45, 7) is 1.33. The van der Waals surface area contributed by atoms with Crippen molar-refractivity contribution < 1.29 is 23.8 Å². The Morgan fingerprint density at radius 1 is 1.00 bits per heavy atom. The average molecular weight is 354 g/mol. The molecule has 0 aliphatic heterocycles. The highest BCUT2D eigenvalue weighted by atomic mass is 16.6. The number of esters is 1. The maximum atomic E-state index is 12.3. The van der Waals surface area contributed by atoms with Crippen molar-refractivity contribution in [3.8, 4) is 11.5 Å². The highest BCUT2D eigenvalue weighted by Gasteiger charge is 2.20. The number of ether oxygens (including phenoxy) is 3. The molecule has 136 valence electrons. The Balaban J connectivity index is 1.51. The van der Waals surface area contributed by atoms with Gasteiger partial charge in [-0.1, -0.05) is 6.07 Å². The zero-order valence-electron chi connectivity index (χ0n) is 15.0. The Hall–Kier alpha value is -2.82. The number of ketones is 1. The van der Waals surface area contributed by atoms with Crippen LogP contribution < -0.4 is 9.47 Å². The normalized spacial score (nSPS) is 13.6. The standard InChI is InChI=1S/C21H22O5/c1-14(21(23)16-7-9-18(24-2)10-8-16)26-20(22)13-25-19-11-6-15-4-3-5-17(15)12-19/h6-12,14H,3-5,13H2,1-2H3/t14-/m0/s1. The average Bonchev–Trinajstić information content (AvgIpc) is 3.13. The Bertz CT molecular complexity index is 795. The molecule has 0 saturated carbocycles. The lowest BCUT2D eigenvalue weighted by molar-refractivity contribution is -0.148. The van der Waals surface area contributed by atoms with Crippen LogP contribution in [0, 0.1) is 0 Å². The van der Waals surface area contributed by atoms with Crippen LogP contribution in [0.15, 0.2) is 42.5 Å². The summed E-state index contributed by atoms with van der Waals surface area (Å²) in [6.07, 6.45) is 2.43. The summed E-state index contributed by atoms with van der Waals surface area (Å²) < 4.78 is 15.8. The minimum atomic E-state index is -0.875. The van der Waals surface area contributed by atoms with Crippen molar-refractivity contribution in [2.75, 3.05) is 13.7 Å². The van der Waals surface area contributed by atoms with Gasteiger partial charge in [0.05, 0.1) is 7.11 Å². The molecule has 5 heteroatoms. The first-order chi connectivity index (χ1) is 12.6. The molecule has 2 aromatic rings. The van der Waals surface area contributed by atoms with Crippen molar-refractivity contribution in [3.63, 3.8) is 0 Å². The lowest BCUT2D eigenvalue weighted by Gasteiger charge is -2.13. The molecule has 2 aromatic carbocycles. The number of benzene rings is 2. The Kier molecular flexibility index (Phi) is 5.56. The van der Waals surface area contributed by atoms with Crippen LogP contribution >= 0.6 is 0 Å². The maximum Gasteiger partial charge on any atom is 0.344 e. The van der Waals surface area contributed by atoms with E-state index in [1.54, 1.807) is 38.3 Å². The summed E-state index contributed by atoms with van der Waals surface area (Å²) in [6, 6.07) is 12.6. The molecular weight excluding hydrogens is 332 g/mol. The summed E-state index contributed by atoms with van der Waals surface area (Å²) in [7, 11) is 1.56. The number of carbonyl (C=O) groups is 2. The van der Waals surface area contributed by atoms with E-state index < -0.39 is 12.1 Å². The Labute approximate surface area is 152 Å². The van der Waals surface area contributed by atoms with E-state index in [-0.39, 0.29) is 12.4 Å². The summed E-state index contributed by atoms with van der Waals surface area (Å²) in [5.74, 6) is 0.476. The number of aryl methyl sites for hydroxylation is 2. The van der Waals surface area contributed by atoms with Crippen molar-refractivity contribution in [3.05, 3.63) is 59.2 Å². The number of hydrogen-bond donors (Lipinski definition) is 0. The Morgan fingerprint density at radius 3 is 2.42 bits per heavy atom. The molecule has 0 radical (unpaired) electrons. The van der Waals surface area contributed by atoms with Gasteiger partial charge in [0, 0.05) is 5.56 Å². The van der Waals surface area contributed by atoms with Gasteiger partial charge in [0.2, 0.25) is 5.78 Å². The van der Waals surface area contributed by atoms with Gasteiger partial charge in [-0.15, -0.1) is 0 Å². The zero-order valence-corrected chi connectivity index (χ0v) is 15.0. The molecule has 0 bridgehead atoms. The van der Waals surface area contributed by atoms with Crippen molar-refractivity contribution in [1.82, 2.24) is 0 Å². The van der Waals surface area contributed by atoms with Gasteiger partial charge in [-0.3, -0.25) is 4.79 Å². The molecule has 1 aliphatic carbocycles. The van der Waals surface area contributed by atoms with E-state index in [0.717, 1.165) is 19.3 Å². The van der Waals surface area contributed by atoms with Crippen LogP contribution in [0.2, 0.25) is 0 Å². The van der Waals surface area contributed by atoms with Crippen LogP contribution in [0.25, 0.3) is 0 Å². The fourth-order valence-corrected chi connectivity index (χ4v) is 3.05. The topological polar surface area (TPSA) is 61.8 Å². The summed E-state index contributed by atoms with van der Waals surface area (Å²) >= 11 is 0. The second-order valence-electron chi connectivity index (χ2n) is 6.30. The highest BCUT2D eigenvalue weighted by Crippen LogP contribution is 2.26. The molecule has 1 atom stereocenters. The molecule has 0 aromatic heterocycles. The molecule has 0 unspecified atom stereocenters. The predicted molar refractivity (Wildman–Crippen MR) is 96.8 cm³/mol. The smallest absolute Gasteiger partial charge is 0.344 e. The van der Waals surface area contributed by atoms with Crippen LogP contribution in [0.5, 0.6) is 11.5 Å². The third-order valence-corrected chi connectivity index (χ3v) is 4.48. The minimum absolute atomic E-state index is 0.223. The summed E-state index contributed by atoms with van der Waals surface area (Å²) in [4.78, 5) is 24.3. The number of rotatable bonds is 7. The van der Waals surface area contributed by atoms with E-state index in [4.69, 9.17) is 14.2 Å². The van der Waals surface area contributed by atoms with Crippen LogP contribution in [0.4, 0.5) is 0 Å². The van der Waals surface area contributed by atoms with E-state index in [2.05, 4.69) is 0 Å². The van der Waals surface area contributed by atoms with Gasteiger partial charge in [-0.2, -0.15) is 0 Å². The number of methoxy groups -OCH3 is 1. The monoisotopic (exact) mass is 354 g/mol. The SMILES string of the molecule is COc1ccc(C(=O)[C@H](C)OC(=O)COc2ccc3c(c2)CCC3)cc1. The number of carbonyl (C=O) groups excluding carboxylic acids is 2. The zero-order chi connectivity index (χ0) is 18.5. The number of hydrogen-bond acceptors (Lipinski definition) is 5. The number of fused-ring (bicyclic) bond motifs is 1. The largest absolute Gasteiger partial charge is 0.497 e. The van der Waals surface area contributed by atoms with Gasteiger partial charge in [-0.25, -0.2) is 4.79 Å². The van der Waals surface area contributed by atoms with E-state index in [9.17, 15) is 9.59 Å². The van der Waals surface area contributed by atoms with E-state index >= 15 is 0 Å². The second kappa shape index (κ2) is 8.04. The van der Waals surface area contributed by atoms with Gasteiger partial charge in [0.1, 0.15) is 11.5 Å². The van der Waals surface area contributed by atoms with Crippen LogP contribution in [0.1, 0.15) is 34.8 Å². The molecule has 0 N–H and O–H groups in total. The fraction of sp³-hybridized carbons (Fsp3) is 0.333. The summed E-state index contributed by atoms with van der Waals surface area (Å²) in [5.41, 5.74) is 3.09. The van der Waals surface area contributed by atoms with Crippen LogP contribution in [-0.4, -0.2) is 31.6 Å². The molecular formula is C21H22O5. The lowest BCUT2D eigenvalue weighted by atomic mass is 10.1. The van der Waals surface area contributed by atoms with Crippen molar-refractivity contribution in [2.45, 2.75) is 32.3 Å². The molecule has 0 amide bonds. The van der Waals surface area contributed by atoms with Gasteiger partial charge in [0.15, 0.2) is 12.7 Å². The molecule has 3 rings (SSSR count). The van der Waals surface area contributed by atoms with E-state index in [1.165, 1.54) is 11.1 Å². The van der Waals surface area contributed by atoms with Crippen LogP contribution in [0.3, 0.4) is 0 Å². The summed E-state index contributed by atoms with van der Waals surface area (Å²) in [5, 5.41) is 0. The van der Waals surface area contributed by atoms with Gasteiger partial charge < -0.3 is 14.2 Å². The quantitative estimate of drug-likeness (QED) is 0.563. The molecule has 1 aliphatic rings. The van der Waals surface area contributed by atoms with Crippen LogP contribution in [-0.2, 0) is 22.4 Å². The molecule has 0 saturated heterocycles. The van der Waals surface area contributed by atoms with Gasteiger partial charge in [-0.05, 0) is 73.7 Å². The van der Waals surface area contributed by atoms with Crippen molar-refractivity contribution in [2.24, 2.45) is 0 Å². The minimum Gasteiger partial charge on any atom is -0.497 e. The molecule has 26 heavy (non-hydrogen) atoms. The molecule has 0 fully saturated rings. The maximum absolute atomic E-state index is 12.3. The third-order valence-electron chi connectivity index (χ3n) is 4.48. The molecule has 0 spiro atoms. The predicted octanol–water partition coefficient (Wildman–Crippen LogP) is 3.38. The molecule has 5 nitrogen and oxygen atoms in total. The first kappa shape index (κ1) is 18.0. The van der Waals surface area contributed by atoms with Crippen molar-refractivity contribution >= 4 is 11.8 Å². The third kappa shape index (κ3) is 4.23. The Morgan fingerprint density at radius 2 is 1.69 bits per heavy atom. The highest BCUT2D eigenvalue weighted by molar-refractivity contribution is 6.00. The van der Waals surface area contributed by atoms with Crippen molar-refractivity contribution in [1.29, 1.82) is 0 Å². The second-order valence-corrected chi connectivity index (χ2v) is 6.30. The van der Waals surface area contributed by atoms with E-state index in [0.29, 0.717) is 17.1 Å². The van der Waals surface area contributed by atoms with Gasteiger partial charge in [0.25, 0.3) is 0 Å². The lowest BCUT2D eigenvalue weighted by Crippen LogP contribution is -2.27. The fourth-order valence-electron chi connectivity index (χ4n) is 3.05.